The maximum atomic E-state index is 10.6. The highest BCUT2D eigenvalue weighted by molar-refractivity contribution is 9.10. The molecule has 5 nitrogen and oxygen atoms in total. The summed E-state index contributed by atoms with van der Waals surface area (Å²) in [5.74, 6) is 1.10. The summed E-state index contributed by atoms with van der Waals surface area (Å²) < 4.78 is 11.6. The van der Waals surface area contributed by atoms with Crippen LogP contribution in [0, 0.1) is 10.1 Å². The summed E-state index contributed by atoms with van der Waals surface area (Å²) in [6, 6.07) is 9.61. The minimum absolute atomic E-state index is 0.0742. The van der Waals surface area contributed by atoms with Crippen molar-refractivity contribution in [1.82, 2.24) is 0 Å². The van der Waals surface area contributed by atoms with Crippen LogP contribution in [-0.4, -0.2) is 12.0 Å². The van der Waals surface area contributed by atoms with Crippen molar-refractivity contribution in [2.45, 2.75) is 6.61 Å². The molecule has 0 spiro atoms. The average Bonchev–Trinajstić information content (AvgIpc) is 2.47. The molecule has 0 aromatic heterocycles. The number of nitrogens with zero attached hydrogens (tertiary/aromatic N) is 1. The molecular formula is C14H11BrClNO4. The minimum atomic E-state index is -0.506. The summed E-state index contributed by atoms with van der Waals surface area (Å²) in [7, 11) is 1.58. The van der Waals surface area contributed by atoms with Crippen LogP contribution in [0.25, 0.3) is 0 Å². The summed E-state index contributed by atoms with van der Waals surface area (Å²) in [6.45, 7) is 0.259. The number of benzene rings is 2. The van der Waals surface area contributed by atoms with Gasteiger partial charge in [0.25, 0.3) is 5.69 Å². The lowest BCUT2D eigenvalue weighted by atomic mass is 10.2. The first-order valence-electron chi connectivity index (χ1n) is 5.90. The highest BCUT2D eigenvalue weighted by Gasteiger charge is 2.11. The summed E-state index contributed by atoms with van der Waals surface area (Å²) >= 11 is 9.40. The van der Waals surface area contributed by atoms with Crippen LogP contribution < -0.4 is 9.47 Å². The number of hydrogen-bond acceptors (Lipinski definition) is 4. The summed E-state index contributed by atoms with van der Waals surface area (Å²) in [5, 5.41) is 10.8. The predicted molar refractivity (Wildman–Crippen MR) is 83.1 cm³/mol. The van der Waals surface area contributed by atoms with E-state index in [1.54, 1.807) is 7.11 Å². The first kappa shape index (κ1) is 15.6. The van der Waals surface area contributed by atoms with Crippen molar-refractivity contribution in [2.75, 3.05) is 7.11 Å². The SMILES string of the molecule is COc1ccc(Br)c(COc2ccc([N+](=O)[O-])cc2Cl)c1. The van der Waals surface area contributed by atoms with Crippen LogP contribution in [0.5, 0.6) is 11.5 Å². The maximum Gasteiger partial charge on any atom is 0.271 e. The standard InChI is InChI=1S/C14H11BrClNO4/c1-20-11-3-4-12(15)9(6-11)8-21-14-5-2-10(17(18)19)7-13(14)16/h2-7H,8H2,1H3. The second-order valence-electron chi connectivity index (χ2n) is 4.12. The number of hydrogen-bond donors (Lipinski definition) is 0. The molecule has 2 rings (SSSR count). The molecule has 0 heterocycles. The van der Waals surface area contributed by atoms with Crippen molar-refractivity contribution < 1.29 is 14.4 Å². The van der Waals surface area contributed by atoms with E-state index in [9.17, 15) is 10.1 Å². The van der Waals surface area contributed by atoms with E-state index >= 15 is 0 Å². The number of ether oxygens (including phenoxy) is 2. The van der Waals surface area contributed by atoms with E-state index in [4.69, 9.17) is 21.1 Å². The smallest absolute Gasteiger partial charge is 0.271 e. The number of nitro groups is 1. The first-order valence-corrected chi connectivity index (χ1v) is 7.07. The fraction of sp³-hybridized carbons (Fsp3) is 0.143. The predicted octanol–water partition coefficient (Wildman–Crippen LogP) is 4.60. The largest absolute Gasteiger partial charge is 0.497 e. The molecule has 0 saturated heterocycles. The van der Waals surface area contributed by atoms with Crippen molar-refractivity contribution in [3.63, 3.8) is 0 Å². The van der Waals surface area contributed by atoms with Crippen molar-refractivity contribution in [2.24, 2.45) is 0 Å². The Morgan fingerprint density at radius 3 is 2.67 bits per heavy atom. The van der Waals surface area contributed by atoms with Crippen LogP contribution in [0.3, 0.4) is 0 Å². The van der Waals surface area contributed by atoms with Crippen LogP contribution in [0.15, 0.2) is 40.9 Å². The summed E-state index contributed by atoms with van der Waals surface area (Å²) in [5.41, 5.74) is 0.804. The number of methoxy groups -OCH3 is 1. The Balaban J connectivity index is 2.15. The van der Waals surface area contributed by atoms with Crippen LogP contribution in [0.4, 0.5) is 5.69 Å². The second kappa shape index (κ2) is 6.78. The fourth-order valence-electron chi connectivity index (χ4n) is 1.66. The zero-order valence-corrected chi connectivity index (χ0v) is 13.3. The normalized spacial score (nSPS) is 10.2. The molecule has 0 atom stereocenters. The van der Waals surface area contributed by atoms with Gasteiger partial charge in [-0.1, -0.05) is 27.5 Å². The summed E-state index contributed by atoms with van der Waals surface area (Å²) in [4.78, 5) is 10.1. The van der Waals surface area contributed by atoms with Gasteiger partial charge >= 0.3 is 0 Å². The Morgan fingerprint density at radius 2 is 2.05 bits per heavy atom. The molecule has 0 aliphatic carbocycles. The molecule has 0 radical (unpaired) electrons. The highest BCUT2D eigenvalue weighted by Crippen LogP contribution is 2.30. The minimum Gasteiger partial charge on any atom is -0.497 e. The molecule has 0 amide bonds. The fourth-order valence-corrected chi connectivity index (χ4v) is 2.25. The molecule has 0 unspecified atom stereocenters. The number of nitro benzene ring substituents is 1. The monoisotopic (exact) mass is 371 g/mol. The third-order valence-electron chi connectivity index (χ3n) is 2.76. The molecule has 0 N–H and O–H groups in total. The van der Waals surface area contributed by atoms with E-state index in [1.165, 1.54) is 18.2 Å². The van der Waals surface area contributed by atoms with Gasteiger partial charge in [-0.05, 0) is 24.3 Å². The molecule has 21 heavy (non-hydrogen) atoms. The van der Waals surface area contributed by atoms with Gasteiger partial charge in [0, 0.05) is 22.2 Å². The average molecular weight is 373 g/mol. The molecule has 2 aromatic carbocycles. The van der Waals surface area contributed by atoms with Crippen molar-refractivity contribution >= 4 is 33.2 Å². The highest BCUT2D eigenvalue weighted by atomic mass is 79.9. The molecule has 0 saturated carbocycles. The zero-order chi connectivity index (χ0) is 15.4. The topological polar surface area (TPSA) is 61.6 Å². The van der Waals surface area contributed by atoms with Gasteiger partial charge in [0.2, 0.25) is 0 Å². The van der Waals surface area contributed by atoms with Crippen LogP contribution in [0.1, 0.15) is 5.56 Å². The van der Waals surface area contributed by atoms with E-state index in [0.29, 0.717) is 11.5 Å². The van der Waals surface area contributed by atoms with Crippen LogP contribution >= 0.6 is 27.5 Å². The molecule has 0 fully saturated rings. The van der Waals surface area contributed by atoms with E-state index < -0.39 is 4.92 Å². The van der Waals surface area contributed by atoms with Gasteiger partial charge in [0.15, 0.2) is 0 Å². The van der Waals surface area contributed by atoms with Gasteiger partial charge < -0.3 is 9.47 Å². The molecule has 7 heteroatoms. The zero-order valence-electron chi connectivity index (χ0n) is 11.0. The number of rotatable bonds is 5. The maximum absolute atomic E-state index is 10.6. The van der Waals surface area contributed by atoms with Gasteiger partial charge in [0.1, 0.15) is 18.1 Å². The quantitative estimate of drug-likeness (QED) is 0.568. The lowest BCUT2D eigenvalue weighted by Gasteiger charge is -2.10. The van der Waals surface area contributed by atoms with Gasteiger partial charge in [-0.2, -0.15) is 0 Å². The van der Waals surface area contributed by atoms with E-state index in [2.05, 4.69) is 15.9 Å². The van der Waals surface area contributed by atoms with Gasteiger partial charge in [-0.3, -0.25) is 10.1 Å². The van der Waals surface area contributed by atoms with Gasteiger partial charge in [0.05, 0.1) is 17.1 Å². The lowest BCUT2D eigenvalue weighted by Crippen LogP contribution is -1.98. The molecule has 110 valence electrons. The molecule has 0 aliphatic heterocycles. The Labute approximate surface area is 134 Å². The second-order valence-corrected chi connectivity index (χ2v) is 5.38. The van der Waals surface area contributed by atoms with E-state index in [-0.39, 0.29) is 17.3 Å². The van der Waals surface area contributed by atoms with Crippen LogP contribution in [-0.2, 0) is 6.61 Å². The Hall–Kier alpha value is -1.79. The molecule has 2 aromatic rings. The van der Waals surface area contributed by atoms with E-state index in [1.807, 2.05) is 18.2 Å². The number of halogens is 2. The number of non-ortho nitro benzene ring substituents is 1. The van der Waals surface area contributed by atoms with Gasteiger partial charge in [-0.25, -0.2) is 0 Å². The third kappa shape index (κ3) is 3.86. The Kier molecular flexibility index (Phi) is 5.03. The van der Waals surface area contributed by atoms with Crippen LogP contribution in [0.2, 0.25) is 5.02 Å². The third-order valence-corrected chi connectivity index (χ3v) is 3.83. The van der Waals surface area contributed by atoms with E-state index in [0.717, 1.165) is 10.0 Å². The Bertz CT molecular complexity index is 678. The lowest BCUT2D eigenvalue weighted by molar-refractivity contribution is -0.384. The summed E-state index contributed by atoms with van der Waals surface area (Å²) in [6.07, 6.45) is 0. The van der Waals surface area contributed by atoms with Crippen molar-refractivity contribution in [3.8, 4) is 11.5 Å². The van der Waals surface area contributed by atoms with Crippen molar-refractivity contribution in [3.05, 3.63) is 61.6 Å². The molecule has 0 aliphatic rings. The molecular weight excluding hydrogens is 362 g/mol. The Morgan fingerprint density at radius 1 is 1.29 bits per heavy atom. The molecule has 0 bridgehead atoms. The van der Waals surface area contributed by atoms with Crippen molar-refractivity contribution in [1.29, 1.82) is 0 Å². The first-order chi connectivity index (χ1) is 10.0. The van der Waals surface area contributed by atoms with Gasteiger partial charge in [-0.15, -0.1) is 0 Å².